The van der Waals surface area contributed by atoms with Crippen molar-refractivity contribution in [3.8, 4) is 0 Å². The molecular formula is C15H21BrN2. The lowest BCUT2D eigenvalue weighted by molar-refractivity contribution is 0.0837. The van der Waals surface area contributed by atoms with Gasteiger partial charge in [0.2, 0.25) is 0 Å². The van der Waals surface area contributed by atoms with E-state index in [4.69, 9.17) is 0 Å². The van der Waals surface area contributed by atoms with E-state index in [0.29, 0.717) is 6.04 Å². The number of hydrogen-bond donors (Lipinski definition) is 1. The van der Waals surface area contributed by atoms with Crippen LogP contribution in [0.4, 0.5) is 0 Å². The molecule has 1 aromatic rings. The Morgan fingerprint density at radius 1 is 1.11 bits per heavy atom. The highest BCUT2D eigenvalue weighted by Gasteiger charge is 2.33. The first-order chi connectivity index (χ1) is 8.84. The standard InChI is InChI=1S/C15H21BrN2/c16-14-6-4-13(5-7-14)15(12-2-1-3-12)18-10-8-17-9-11-18/h4-7,12,15,17H,1-3,8-11H2/t15-/m0/s1. The summed E-state index contributed by atoms with van der Waals surface area (Å²) in [4.78, 5) is 2.68. The van der Waals surface area contributed by atoms with E-state index in [1.807, 2.05) is 0 Å². The molecule has 0 bridgehead atoms. The maximum atomic E-state index is 3.54. The molecule has 2 nitrogen and oxygen atoms in total. The number of nitrogens with one attached hydrogen (secondary N) is 1. The zero-order chi connectivity index (χ0) is 12.4. The van der Waals surface area contributed by atoms with Gasteiger partial charge in [-0.1, -0.05) is 34.5 Å². The molecule has 1 N–H and O–H groups in total. The second kappa shape index (κ2) is 5.72. The summed E-state index contributed by atoms with van der Waals surface area (Å²) in [7, 11) is 0. The number of piperazine rings is 1. The normalized spacial score (nSPS) is 23.6. The molecule has 2 fully saturated rings. The van der Waals surface area contributed by atoms with Crippen LogP contribution in [0.5, 0.6) is 0 Å². The van der Waals surface area contributed by atoms with Gasteiger partial charge in [-0.3, -0.25) is 4.90 Å². The van der Waals surface area contributed by atoms with E-state index in [0.717, 1.165) is 19.0 Å². The molecule has 3 heteroatoms. The highest BCUT2D eigenvalue weighted by atomic mass is 79.9. The molecule has 1 aliphatic carbocycles. The molecule has 0 spiro atoms. The molecule has 1 heterocycles. The number of nitrogens with zero attached hydrogens (tertiary/aromatic N) is 1. The lowest BCUT2D eigenvalue weighted by atomic mass is 9.76. The molecule has 2 aliphatic rings. The van der Waals surface area contributed by atoms with Gasteiger partial charge in [0.1, 0.15) is 0 Å². The van der Waals surface area contributed by atoms with Crippen LogP contribution >= 0.6 is 15.9 Å². The summed E-state index contributed by atoms with van der Waals surface area (Å²) < 4.78 is 1.18. The van der Waals surface area contributed by atoms with Crippen molar-refractivity contribution in [2.45, 2.75) is 25.3 Å². The summed E-state index contributed by atoms with van der Waals surface area (Å²) >= 11 is 3.54. The number of rotatable bonds is 3. The molecule has 0 aromatic heterocycles. The van der Waals surface area contributed by atoms with Gasteiger partial charge in [0.25, 0.3) is 0 Å². The third kappa shape index (κ3) is 2.63. The summed E-state index contributed by atoms with van der Waals surface area (Å²) in [6, 6.07) is 9.62. The van der Waals surface area contributed by atoms with Crippen LogP contribution in [0, 0.1) is 5.92 Å². The van der Waals surface area contributed by atoms with Crippen molar-refractivity contribution in [1.82, 2.24) is 10.2 Å². The average molecular weight is 309 g/mol. The van der Waals surface area contributed by atoms with Gasteiger partial charge in [-0.2, -0.15) is 0 Å². The van der Waals surface area contributed by atoms with Crippen LogP contribution < -0.4 is 5.32 Å². The number of hydrogen-bond acceptors (Lipinski definition) is 2. The van der Waals surface area contributed by atoms with Crippen LogP contribution in [0.25, 0.3) is 0 Å². The van der Waals surface area contributed by atoms with E-state index in [1.165, 1.54) is 42.4 Å². The lowest BCUT2D eigenvalue weighted by Gasteiger charge is -2.43. The van der Waals surface area contributed by atoms with Crippen LogP contribution in [0.15, 0.2) is 28.7 Å². The minimum Gasteiger partial charge on any atom is -0.314 e. The van der Waals surface area contributed by atoms with Crippen molar-refractivity contribution >= 4 is 15.9 Å². The number of halogens is 1. The molecular weight excluding hydrogens is 288 g/mol. The van der Waals surface area contributed by atoms with Gasteiger partial charge in [-0.25, -0.2) is 0 Å². The topological polar surface area (TPSA) is 15.3 Å². The third-order valence-corrected chi connectivity index (χ3v) is 4.88. The smallest absolute Gasteiger partial charge is 0.0377 e. The second-order valence-corrected chi connectivity index (χ2v) is 6.39. The first-order valence-corrected chi connectivity index (χ1v) is 7.84. The predicted molar refractivity (Wildman–Crippen MR) is 78.7 cm³/mol. The molecule has 1 atom stereocenters. The molecule has 1 aromatic carbocycles. The van der Waals surface area contributed by atoms with Crippen molar-refractivity contribution in [3.05, 3.63) is 34.3 Å². The van der Waals surface area contributed by atoms with Crippen LogP contribution in [-0.4, -0.2) is 31.1 Å². The van der Waals surface area contributed by atoms with E-state index in [-0.39, 0.29) is 0 Å². The Balaban J connectivity index is 1.81. The summed E-state index contributed by atoms with van der Waals surface area (Å²) in [6.07, 6.45) is 4.24. The van der Waals surface area contributed by atoms with Crippen molar-refractivity contribution in [2.75, 3.05) is 26.2 Å². The molecule has 18 heavy (non-hydrogen) atoms. The van der Waals surface area contributed by atoms with E-state index in [1.54, 1.807) is 0 Å². The van der Waals surface area contributed by atoms with Crippen LogP contribution in [0.1, 0.15) is 30.9 Å². The molecule has 1 saturated carbocycles. The van der Waals surface area contributed by atoms with Crippen molar-refractivity contribution in [1.29, 1.82) is 0 Å². The lowest BCUT2D eigenvalue weighted by Crippen LogP contribution is -2.47. The van der Waals surface area contributed by atoms with Crippen molar-refractivity contribution in [2.24, 2.45) is 5.92 Å². The molecule has 0 unspecified atom stereocenters. The fourth-order valence-electron chi connectivity index (χ4n) is 3.16. The molecule has 98 valence electrons. The molecule has 1 saturated heterocycles. The van der Waals surface area contributed by atoms with Crippen LogP contribution in [-0.2, 0) is 0 Å². The first kappa shape index (κ1) is 12.6. The molecule has 1 aliphatic heterocycles. The van der Waals surface area contributed by atoms with Gasteiger partial charge in [0.05, 0.1) is 0 Å². The Morgan fingerprint density at radius 3 is 2.33 bits per heavy atom. The SMILES string of the molecule is Brc1ccc([C@H](C2CCC2)N2CCNCC2)cc1. The minimum atomic E-state index is 0.647. The maximum Gasteiger partial charge on any atom is 0.0377 e. The van der Waals surface area contributed by atoms with Crippen LogP contribution in [0.2, 0.25) is 0 Å². The van der Waals surface area contributed by atoms with Crippen molar-refractivity contribution in [3.63, 3.8) is 0 Å². The molecule has 3 rings (SSSR count). The highest BCUT2D eigenvalue weighted by Crippen LogP contribution is 2.41. The largest absolute Gasteiger partial charge is 0.314 e. The Morgan fingerprint density at radius 2 is 1.78 bits per heavy atom. The summed E-state index contributed by atoms with van der Waals surface area (Å²) in [5.74, 6) is 0.879. The van der Waals surface area contributed by atoms with Crippen molar-refractivity contribution < 1.29 is 0 Å². The molecule has 0 amide bonds. The first-order valence-electron chi connectivity index (χ1n) is 7.05. The van der Waals surface area contributed by atoms with Crippen LogP contribution in [0.3, 0.4) is 0 Å². The van der Waals surface area contributed by atoms with E-state index < -0.39 is 0 Å². The van der Waals surface area contributed by atoms with Gasteiger partial charge in [-0.15, -0.1) is 0 Å². The molecule has 0 radical (unpaired) electrons. The summed E-state index contributed by atoms with van der Waals surface area (Å²) in [5.41, 5.74) is 1.50. The summed E-state index contributed by atoms with van der Waals surface area (Å²) in [6.45, 7) is 4.66. The predicted octanol–water partition coefficient (Wildman–Crippen LogP) is 3.20. The Hall–Kier alpha value is -0.380. The zero-order valence-electron chi connectivity index (χ0n) is 10.7. The Bertz CT molecular complexity index is 380. The zero-order valence-corrected chi connectivity index (χ0v) is 12.3. The van der Waals surface area contributed by atoms with E-state index in [9.17, 15) is 0 Å². The second-order valence-electron chi connectivity index (χ2n) is 5.47. The Labute approximate surface area is 118 Å². The van der Waals surface area contributed by atoms with Gasteiger partial charge in [-0.05, 0) is 36.5 Å². The maximum absolute atomic E-state index is 3.54. The van der Waals surface area contributed by atoms with Gasteiger partial charge < -0.3 is 5.32 Å². The van der Waals surface area contributed by atoms with Gasteiger partial charge >= 0.3 is 0 Å². The fraction of sp³-hybridized carbons (Fsp3) is 0.600. The monoisotopic (exact) mass is 308 g/mol. The van der Waals surface area contributed by atoms with Gasteiger partial charge in [0, 0.05) is 36.7 Å². The van der Waals surface area contributed by atoms with E-state index >= 15 is 0 Å². The number of benzene rings is 1. The quantitative estimate of drug-likeness (QED) is 0.922. The summed E-state index contributed by atoms with van der Waals surface area (Å²) in [5, 5.41) is 3.46. The Kier molecular flexibility index (Phi) is 4.02. The fourth-order valence-corrected chi connectivity index (χ4v) is 3.42. The highest BCUT2D eigenvalue weighted by molar-refractivity contribution is 9.10. The third-order valence-electron chi connectivity index (χ3n) is 4.35. The van der Waals surface area contributed by atoms with Gasteiger partial charge in [0.15, 0.2) is 0 Å². The minimum absolute atomic E-state index is 0.647. The van der Waals surface area contributed by atoms with E-state index in [2.05, 4.69) is 50.4 Å². The average Bonchev–Trinajstić information content (AvgIpc) is 2.36.